The molecule has 0 unspecified atom stereocenters. The molecule has 0 bridgehead atoms. The van der Waals surface area contributed by atoms with E-state index >= 15 is 0 Å². The monoisotopic (exact) mass is 336 g/mol. The van der Waals surface area contributed by atoms with E-state index in [0.29, 0.717) is 32.5 Å². The second kappa shape index (κ2) is 6.85. The van der Waals surface area contributed by atoms with Crippen molar-refractivity contribution in [2.24, 2.45) is 5.92 Å². The van der Waals surface area contributed by atoms with E-state index in [0.717, 1.165) is 17.9 Å². The summed E-state index contributed by atoms with van der Waals surface area (Å²) in [5.74, 6) is 1.91. The average molecular weight is 336 g/mol. The predicted molar refractivity (Wildman–Crippen MR) is 83.8 cm³/mol. The Morgan fingerprint density at radius 1 is 1.43 bits per heavy atom. The van der Waals surface area contributed by atoms with Gasteiger partial charge in [0.2, 0.25) is 15.9 Å². The molecule has 2 fully saturated rings. The Hall–Kier alpha value is -0.310. The van der Waals surface area contributed by atoms with Crippen LogP contribution in [0.4, 0.5) is 0 Å². The van der Waals surface area contributed by atoms with Gasteiger partial charge in [-0.1, -0.05) is 0 Å². The standard InChI is InChI=1S/C13H24N2O4S2/c1-19-13(5-8-20-10-13)9-14-12(16)11-3-6-15(7-4-11)21(2,17)18/h11H,3-10H2,1-2H3,(H,14,16)/t13-/m1/s1. The molecular formula is C13H24N2O4S2. The molecule has 6 nitrogen and oxygen atoms in total. The van der Waals surface area contributed by atoms with Crippen LogP contribution in [0.25, 0.3) is 0 Å². The largest absolute Gasteiger partial charge is 0.376 e. The van der Waals surface area contributed by atoms with Crippen LogP contribution in [0.1, 0.15) is 19.3 Å². The first-order valence-corrected chi connectivity index (χ1v) is 10.2. The minimum absolute atomic E-state index is 0.0245. The molecule has 0 saturated carbocycles. The number of methoxy groups -OCH3 is 1. The first kappa shape index (κ1) is 17.1. The van der Waals surface area contributed by atoms with Crippen molar-refractivity contribution in [2.75, 3.05) is 44.5 Å². The van der Waals surface area contributed by atoms with Gasteiger partial charge in [-0.2, -0.15) is 11.8 Å². The summed E-state index contributed by atoms with van der Waals surface area (Å²) in [5, 5.41) is 2.99. The van der Waals surface area contributed by atoms with Gasteiger partial charge in [-0.05, 0) is 25.0 Å². The van der Waals surface area contributed by atoms with Crippen LogP contribution in [0.2, 0.25) is 0 Å². The van der Waals surface area contributed by atoms with Crippen LogP contribution in [0.3, 0.4) is 0 Å². The summed E-state index contributed by atoms with van der Waals surface area (Å²) < 4.78 is 29.9. The third-order valence-electron chi connectivity index (χ3n) is 4.38. The van der Waals surface area contributed by atoms with Crippen molar-refractivity contribution in [2.45, 2.75) is 24.9 Å². The Morgan fingerprint density at radius 3 is 2.57 bits per heavy atom. The molecule has 1 N–H and O–H groups in total. The van der Waals surface area contributed by atoms with Crippen LogP contribution in [0.15, 0.2) is 0 Å². The number of thioether (sulfide) groups is 1. The molecule has 0 aliphatic carbocycles. The normalized spacial score (nSPS) is 28.7. The van der Waals surface area contributed by atoms with Crippen molar-refractivity contribution in [1.29, 1.82) is 0 Å². The van der Waals surface area contributed by atoms with Gasteiger partial charge in [0.15, 0.2) is 0 Å². The van der Waals surface area contributed by atoms with Crippen LogP contribution < -0.4 is 5.32 Å². The smallest absolute Gasteiger partial charge is 0.223 e. The number of nitrogens with one attached hydrogen (secondary N) is 1. The molecule has 2 saturated heterocycles. The van der Waals surface area contributed by atoms with Crippen LogP contribution in [-0.4, -0.2) is 68.7 Å². The maximum Gasteiger partial charge on any atom is 0.223 e. The van der Waals surface area contributed by atoms with Gasteiger partial charge in [0.25, 0.3) is 0 Å². The number of carbonyl (C=O) groups excluding carboxylic acids is 1. The summed E-state index contributed by atoms with van der Waals surface area (Å²) in [6, 6.07) is 0. The SMILES string of the molecule is CO[C@@]1(CNC(=O)C2CCN(S(C)(=O)=O)CC2)CCSC1. The predicted octanol–water partition coefficient (Wildman–Crippen LogP) is 0.296. The highest BCUT2D eigenvalue weighted by molar-refractivity contribution is 7.99. The Kier molecular flexibility index (Phi) is 5.56. The van der Waals surface area contributed by atoms with Gasteiger partial charge >= 0.3 is 0 Å². The van der Waals surface area contributed by atoms with Crippen molar-refractivity contribution >= 4 is 27.7 Å². The highest BCUT2D eigenvalue weighted by Gasteiger charge is 2.36. The Labute approximate surface area is 131 Å². The van der Waals surface area contributed by atoms with E-state index in [1.807, 2.05) is 11.8 Å². The van der Waals surface area contributed by atoms with Crippen molar-refractivity contribution < 1.29 is 17.9 Å². The lowest BCUT2D eigenvalue weighted by molar-refractivity contribution is -0.127. The molecule has 0 aromatic rings. The number of rotatable bonds is 5. The number of carbonyl (C=O) groups is 1. The average Bonchev–Trinajstić information content (AvgIpc) is 2.93. The van der Waals surface area contributed by atoms with E-state index in [9.17, 15) is 13.2 Å². The zero-order valence-electron chi connectivity index (χ0n) is 12.6. The molecule has 122 valence electrons. The quantitative estimate of drug-likeness (QED) is 0.781. The van der Waals surface area contributed by atoms with Crippen molar-refractivity contribution in [1.82, 2.24) is 9.62 Å². The van der Waals surface area contributed by atoms with Crippen LogP contribution in [0, 0.1) is 5.92 Å². The van der Waals surface area contributed by atoms with Gasteiger partial charge < -0.3 is 10.1 Å². The van der Waals surface area contributed by atoms with Gasteiger partial charge in [-0.15, -0.1) is 0 Å². The topological polar surface area (TPSA) is 75.7 Å². The molecule has 0 aromatic carbocycles. The summed E-state index contributed by atoms with van der Waals surface area (Å²) in [4.78, 5) is 12.2. The Balaban J connectivity index is 1.80. The van der Waals surface area contributed by atoms with Gasteiger partial charge in [-0.3, -0.25) is 4.79 Å². The van der Waals surface area contributed by atoms with Gasteiger partial charge in [0.05, 0.1) is 11.9 Å². The fourth-order valence-electron chi connectivity index (χ4n) is 2.80. The highest BCUT2D eigenvalue weighted by atomic mass is 32.2. The van der Waals surface area contributed by atoms with E-state index in [1.165, 1.54) is 10.6 Å². The number of hydrogen-bond acceptors (Lipinski definition) is 5. The molecule has 2 aliphatic rings. The fraction of sp³-hybridized carbons (Fsp3) is 0.923. The number of sulfonamides is 1. The first-order valence-electron chi connectivity index (χ1n) is 7.22. The third-order valence-corrected chi connectivity index (χ3v) is 6.90. The lowest BCUT2D eigenvalue weighted by Gasteiger charge is -2.31. The Bertz CT molecular complexity index is 467. The summed E-state index contributed by atoms with van der Waals surface area (Å²) in [7, 11) is -1.44. The van der Waals surface area contributed by atoms with Gasteiger partial charge in [0.1, 0.15) is 0 Å². The number of hydrogen-bond donors (Lipinski definition) is 1. The third kappa shape index (κ3) is 4.34. The molecule has 21 heavy (non-hydrogen) atoms. The highest BCUT2D eigenvalue weighted by Crippen LogP contribution is 2.30. The van der Waals surface area contributed by atoms with Crippen molar-refractivity contribution in [3.63, 3.8) is 0 Å². The van der Waals surface area contributed by atoms with E-state index in [4.69, 9.17) is 4.74 Å². The molecule has 1 atom stereocenters. The number of nitrogens with zero attached hydrogens (tertiary/aromatic N) is 1. The molecule has 0 radical (unpaired) electrons. The van der Waals surface area contributed by atoms with Crippen LogP contribution >= 0.6 is 11.8 Å². The molecule has 0 spiro atoms. The molecule has 2 aliphatic heterocycles. The molecule has 0 aromatic heterocycles. The molecule has 2 rings (SSSR count). The second-order valence-electron chi connectivity index (χ2n) is 5.84. The molecule has 8 heteroatoms. The zero-order valence-corrected chi connectivity index (χ0v) is 14.3. The van der Waals surface area contributed by atoms with Crippen molar-refractivity contribution in [3.05, 3.63) is 0 Å². The van der Waals surface area contributed by atoms with Gasteiger partial charge in [0, 0.05) is 38.4 Å². The molecular weight excluding hydrogens is 312 g/mol. The minimum Gasteiger partial charge on any atom is -0.376 e. The second-order valence-corrected chi connectivity index (χ2v) is 8.93. The summed E-state index contributed by atoms with van der Waals surface area (Å²) in [5.41, 5.74) is -0.228. The summed E-state index contributed by atoms with van der Waals surface area (Å²) >= 11 is 1.85. The summed E-state index contributed by atoms with van der Waals surface area (Å²) in [6.07, 6.45) is 3.36. The lowest BCUT2D eigenvalue weighted by atomic mass is 9.96. The number of ether oxygens (including phenoxy) is 1. The number of amides is 1. The Morgan fingerprint density at radius 2 is 2.10 bits per heavy atom. The maximum absolute atomic E-state index is 12.2. The minimum atomic E-state index is -3.14. The summed E-state index contributed by atoms with van der Waals surface area (Å²) in [6.45, 7) is 1.41. The van der Waals surface area contributed by atoms with Crippen molar-refractivity contribution in [3.8, 4) is 0 Å². The number of piperidine rings is 1. The maximum atomic E-state index is 12.2. The zero-order chi connectivity index (χ0) is 15.5. The fourth-order valence-corrected chi connectivity index (χ4v) is 5.07. The van der Waals surface area contributed by atoms with E-state index in [2.05, 4.69) is 5.32 Å². The van der Waals surface area contributed by atoms with Crippen LogP contribution in [0.5, 0.6) is 0 Å². The van der Waals surface area contributed by atoms with E-state index < -0.39 is 10.0 Å². The van der Waals surface area contributed by atoms with Gasteiger partial charge in [-0.25, -0.2) is 12.7 Å². The van der Waals surface area contributed by atoms with Crippen LogP contribution in [-0.2, 0) is 19.6 Å². The van der Waals surface area contributed by atoms with E-state index in [1.54, 1.807) is 7.11 Å². The first-order chi connectivity index (χ1) is 9.86. The molecule has 2 heterocycles. The molecule has 1 amide bonds. The van der Waals surface area contributed by atoms with E-state index in [-0.39, 0.29) is 17.4 Å². The lowest BCUT2D eigenvalue weighted by Crippen LogP contribution is -2.48.